The maximum Gasteiger partial charge on any atom is 0.338 e. The van der Waals surface area contributed by atoms with Gasteiger partial charge < -0.3 is 9.84 Å². The van der Waals surface area contributed by atoms with Crippen LogP contribution < -0.4 is 0 Å². The standard InChI is InChI=1S/C23H37NO3.C3H8.C3H6/c1-16(2)24(17(3)4)13-7-9-19-15-20(11-12-22(19)25)23(26)27-21-10-6-8-18(5)14-21;2*1-3-2/h11-12,15-18,21,25H,6-10,13-14H2,1-5H3;3H2,1-2H3;3H,1H2,2H3. The molecular formula is C29H51NO3. The first-order valence-electron chi connectivity index (χ1n) is 13.0. The minimum Gasteiger partial charge on any atom is -0.508 e. The maximum atomic E-state index is 12.5. The van der Waals surface area contributed by atoms with Crippen molar-refractivity contribution in [1.82, 2.24) is 4.90 Å². The zero-order chi connectivity index (χ0) is 25.4. The fraction of sp³-hybridized carbons (Fsp3) is 0.690. The topological polar surface area (TPSA) is 49.8 Å². The minimum absolute atomic E-state index is 0.0316. The third-order valence-corrected chi connectivity index (χ3v) is 5.67. The van der Waals surface area contributed by atoms with Gasteiger partial charge in [0.15, 0.2) is 0 Å². The van der Waals surface area contributed by atoms with E-state index in [9.17, 15) is 9.90 Å². The Kier molecular flexibility index (Phi) is 16.7. The minimum atomic E-state index is -0.263. The first kappa shape index (κ1) is 31.2. The molecule has 0 saturated heterocycles. The molecule has 4 nitrogen and oxygen atoms in total. The molecule has 4 heteroatoms. The molecule has 33 heavy (non-hydrogen) atoms. The molecule has 0 aromatic heterocycles. The van der Waals surface area contributed by atoms with Crippen molar-refractivity contribution >= 4 is 5.97 Å². The van der Waals surface area contributed by atoms with Gasteiger partial charge in [-0.3, -0.25) is 4.90 Å². The molecule has 2 atom stereocenters. The van der Waals surface area contributed by atoms with E-state index in [4.69, 9.17) is 4.74 Å². The number of phenolic OH excluding ortho intramolecular Hbond substituents is 1. The largest absolute Gasteiger partial charge is 0.508 e. The maximum absolute atomic E-state index is 12.5. The van der Waals surface area contributed by atoms with Crippen molar-refractivity contribution < 1.29 is 14.6 Å². The Bertz CT molecular complexity index is 661. The number of aryl methyl sites for hydroxylation is 1. The van der Waals surface area contributed by atoms with Crippen LogP contribution in [0.15, 0.2) is 30.9 Å². The molecule has 1 fully saturated rings. The summed E-state index contributed by atoms with van der Waals surface area (Å²) < 4.78 is 5.72. The van der Waals surface area contributed by atoms with Crippen LogP contribution in [0.2, 0.25) is 0 Å². The molecule has 1 aromatic carbocycles. The number of esters is 1. The van der Waals surface area contributed by atoms with Gasteiger partial charge in [-0.05, 0) is 103 Å². The van der Waals surface area contributed by atoms with Gasteiger partial charge in [-0.2, -0.15) is 0 Å². The summed E-state index contributed by atoms with van der Waals surface area (Å²) in [4.78, 5) is 15.0. The van der Waals surface area contributed by atoms with Crippen molar-refractivity contribution in [2.24, 2.45) is 5.92 Å². The van der Waals surface area contributed by atoms with Crippen molar-refractivity contribution in [2.45, 2.75) is 119 Å². The molecule has 1 aliphatic carbocycles. The first-order chi connectivity index (χ1) is 15.6. The molecule has 1 aromatic rings. The van der Waals surface area contributed by atoms with Gasteiger partial charge in [0, 0.05) is 12.1 Å². The molecule has 1 N–H and O–H groups in total. The van der Waals surface area contributed by atoms with Crippen LogP contribution in [-0.4, -0.2) is 40.7 Å². The Morgan fingerprint density at radius 3 is 2.30 bits per heavy atom. The lowest BCUT2D eigenvalue weighted by atomic mass is 9.89. The predicted molar refractivity (Wildman–Crippen MR) is 142 cm³/mol. The number of phenols is 1. The van der Waals surface area contributed by atoms with Crippen LogP contribution in [0.1, 0.15) is 110 Å². The number of hydrogen-bond acceptors (Lipinski definition) is 4. The monoisotopic (exact) mass is 461 g/mol. The Labute approximate surface area is 204 Å². The SMILES string of the molecule is C=CC.CC1CCCC(OC(=O)c2ccc(O)c(CCCN(C(C)C)C(C)C)c2)C1.CCC. The average Bonchev–Trinajstić information content (AvgIpc) is 2.73. The molecule has 1 saturated carbocycles. The second kappa shape index (κ2) is 17.6. The van der Waals surface area contributed by atoms with Gasteiger partial charge in [-0.15, -0.1) is 6.58 Å². The second-order valence-electron chi connectivity index (χ2n) is 9.79. The second-order valence-corrected chi connectivity index (χ2v) is 9.79. The summed E-state index contributed by atoms with van der Waals surface area (Å²) in [6.45, 7) is 21.5. The number of ether oxygens (including phenoxy) is 1. The van der Waals surface area contributed by atoms with Crippen molar-refractivity contribution in [2.75, 3.05) is 6.54 Å². The molecule has 0 heterocycles. The number of benzene rings is 1. The van der Waals surface area contributed by atoms with Gasteiger partial charge in [0.25, 0.3) is 0 Å². The number of allylic oxidation sites excluding steroid dienone is 1. The van der Waals surface area contributed by atoms with Crippen LogP contribution >= 0.6 is 0 Å². The molecule has 190 valence electrons. The molecule has 0 radical (unpaired) electrons. The lowest BCUT2D eigenvalue weighted by Crippen LogP contribution is -2.37. The molecule has 2 rings (SSSR count). The summed E-state index contributed by atoms with van der Waals surface area (Å²) in [6.07, 6.45) is 9.00. The van der Waals surface area contributed by atoms with Crippen LogP contribution in [0, 0.1) is 5.92 Å². The van der Waals surface area contributed by atoms with E-state index in [0.717, 1.165) is 44.2 Å². The Morgan fingerprint density at radius 1 is 1.21 bits per heavy atom. The van der Waals surface area contributed by atoms with Crippen LogP contribution in [-0.2, 0) is 11.2 Å². The number of carbonyl (C=O) groups excluding carboxylic acids is 1. The first-order valence-corrected chi connectivity index (χ1v) is 13.0. The van der Waals surface area contributed by atoms with Gasteiger partial charge >= 0.3 is 5.97 Å². The average molecular weight is 462 g/mol. The number of rotatable bonds is 8. The number of nitrogens with zero attached hydrogens (tertiary/aromatic N) is 1. The summed E-state index contributed by atoms with van der Waals surface area (Å²) in [5.74, 6) is 0.622. The molecule has 0 bridgehead atoms. The van der Waals surface area contributed by atoms with Crippen molar-refractivity contribution in [3.63, 3.8) is 0 Å². The van der Waals surface area contributed by atoms with E-state index in [-0.39, 0.29) is 17.8 Å². The van der Waals surface area contributed by atoms with E-state index in [2.05, 4.69) is 59.9 Å². The van der Waals surface area contributed by atoms with E-state index in [1.54, 1.807) is 24.3 Å². The third kappa shape index (κ3) is 12.9. The van der Waals surface area contributed by atoms with Gasteiger partial charge in [-0.25, -0.2) is 4.79 Å². The molecule has 0 amide bonds. The van der Waals surface area contributed by atoms with Crippen molar-refractivity contribution in [3.8, 4) is 5.75 Å². The van der Waals surface area contributed by atoms with Gasteiger partial charge in [0.2, 0.25) is 0 Å². The highest BCUT2D eigenvalue weighted by molar-refractivity contribution is 5.90. The van der Waals surface area contributed by atoms with E-state index >= 15 is 0 Å². The van der Waals surface area contributed by atoms with Gasteiger partial charge in [-0.1, -0.05) is 39.7 Å². The van der Waals surface area contributed by atoms with E-state index in [0.29, 0.717) is 23.6 Å². The Hall–Kier alpha value is -1.81. The Morgan fingerprint density at radius 2 is 1.79 bits per heavy atom. The zero-order valence-electron chi connectivity index (χ0n) is 22.7. The highest BCUT2D eigenvalue weighted by Crippen LogP contribution is 2.27. The molecular weight excluding hydrogens is 410 g/mol. The Balaban J connectivity index is 0.00000154. The third-order valence-electron chi connectivity index (χ3n) is 5.67. The number of carbonyl (C=O) groups is 1. The van der Waals surface area contributed by atoms with E-state index in [1.165, 1.54) is 12.8 Å². The molecule has 2 unspecified atom stereocenters. The molecule has 0 aliphatic heterocycles. The molecule has 0 spiro atoms. The smallest absolute Gasteiger partial charge is 0.338 e. The van der Waals surface area contributed by atoms with Crippen molar-refractivity contribution in [1.29, 1.82) is 0 Å². The van der Waals surface area contributed by atoms with Crippen LogP contribution in [0.5, 0.6) is 5.75 Å². The molecule has 1 aliphatic rings. The summed E-state index contributed by atoms with van der Waals surface area (Å²) in [6, 6.07) is 6.09. The van der Waals surface area contributed by atoms with Crippen LogP contribution in [0.4, 0.5) is 0 Å². The fourth-order valence-electron chi connectivity index (χ4n) is 4.18. The van der Waals surface area contributed by atoms with Crippen LogP contribution in [0.3, 0.4) is 0 Å². The summed E-state index contributed by atoms with van der Waals surface area (Å²) in [7, 11) is 0. The van der Waals surface area contributed by atoms with Crippen LogP contribution in [0.25, 0.3) is 0 Å². The van der Waals surface area contributed by atoms with Gasteiger partial charge in [0.05, 0.1) is 5.56 Å². The number of aromatic hydroxyl groups is 1. The number of hydrogen-bond donors (Lipinski definition) is 1. The summed E-state index contributed by atoms with van der Waals surface area (Å²) in [5, 5.41) is 10.2. The predicted octanol–water partition coefficient (Wildman–Crippen LogP) is 7.79. The normalized spacial score (nSPS) is 17.7. The fourth-order valence-corrected chi connectivity index (χ4v) is 4.18. The lowest BCUT2D eigenvalue weighted by molar-refractivity contribution is 0.0155. The van der Waals surface area contributed by atoms with Crippen molar-refractivity contribution in [3.05, 3.63) is 42.0 Å². The van der Waals surface area contributed by atoms with E-state index < -0.39 is 0 Å². The van der Waals surface area contributed by atoms with E-state index in [1.807, 2.05) is 6.92 Å². The summed E-state index contributed by atoms with van der Waals surface area (Å²) >= 11 is 0. The quantitative estimate of drug-likeness (QED) is 0.317. The highest BCUT2D eigenvalue weighted by atomic mass is 16.5. The highest BCUT2D eigenvalue weighted by Gasteiger charge is 2.23. The summed E-state index contributed by atoms with van der Waals surface area (Å²) in [5.41, 5.74) is 1.37. The zero-order valence-corrected chi connectivity index (χ0v) is 22.7. The lowest BCUT2D eigenvalue weighted by Gasteiger charge is -2.30. The van der Waals surface area contributed by atoms with Gasteiger partial charge in [0.1, 0.15) is 11.9 Å².